The Morgan fingerprint density at radius 2 is 2.28 bits per heavy atom. The van der Waals surface area contributed by atoms with Crippen molar-refractivity contribution >= 4 is 23.4 Å². The molecule has 0 amide bonds. The first-order valence-electron chi connectivity index (χ1n) is 5.25. The molecule has 0 spiro atoms. The standard InChI is InChI=1S/C12H13N3O2S/c1-15-7-6-14-12(15)18-9-5-3-4-8(10(9)13)11(16)17-2/h3-7H,13H2,1-2H3. The van der Waals surface area contributed by atoms with Crippen molar-refractivity contribution in [1.82, 2.24) is 9.55 Å². The van der Waals surface area contributed by atoms with Crippen LogP contribution in [0.1, 0.15) is 10.4 Å². The summed E-state index contributed by atoms with van der Waals surface area (Å²) in [7, 11) is 3.23. The van der Waals surface area contributed by atoms with E-state index in [1.54, 1.807) is 18.3 Å². The van der Waals surface area contributed by atoms with Gasteiger partial charge in [-0.2, -0.15) is 0 Å². The second-order valence-electron chi connectivity index (χ2n) is 3.63. The summed E-state index contributed by atoms with van der Waals surface area (Å²) in [6.45, 7) is 0. The zero-order valence-corrected chi connectivity index (χ0v) is 10.9. The molecule has 0 radical (unpaired) electrons. The van der Waals surface area contributed by atoms with Gasteiger partial charge in [-0.05, 0) is 23.9 Å². The number of imidazole rings is 1. The van der Waals surface area contributed by atoms with Crippen LogP contribution in [0.2, 0.25) is 0 Å². The topological polar surface area (TPSA) is 70.1 Å². The fraction of sp³-hybridized carbons (Fsp3) is 0.167. The van der Waals surface area contributed by atoms with Crippen molar-refractivity contribution in [2.45, 2.75) is 10.1 Å². The summed E-state index contributed by atoms with van der Waals surface area (Å²) >= 11 is 1.41. The first kappa shape index (κ1) is 12.5. The molecule has 0 fully saturated rings. The molecule has 0 saturated carbocycles. The number of hydrogen-bond acceptors (Lipinski definition) is 5. The first-order chi connectivity index (χ1) is 8.63. The van der Waals surface area contributed by atoms with Crippen molar-refractivity contribution in [3.05, 3.63) is 36.2 Å². The Kier molecular flexibility index (Phi) is 3.57. The van der Waals surface area contributed by atoms with Crippen LogP contribution in [0.5, 0.6) is 0 Å². The lowest BCUT2D eigenvalue weighted by Crippen LogP contribution is -2.06. The van der Waals surface area contributed by atoms with Crippen molar-refractivity contribution in [1.29, 1.82) is 0 Å². The van der Waals surface area contributed by atoms with E-state index in [1.807, 2.05) is 23.9 Å². The number of benzene rings is 1. The molecule has 2 aromatic rings. The molecule has 1 aromatic carbocycles. The van der Waals surface area contributed by atoms with E-state index in [2.05, 4.69) is 9.72 Å². The quantitative estimate of drug-likeness (QED) is 0.677. The van der Waals surface area contributed by atoms with Gasteiger partial charge in [-0.15, -0.1) is 0 Å². The number of carbonyl (C=O) groups is 1. The highest BCUT2D eigenvalue weighted by molar-refractivity contribution is 7.99. The summed E-state index contributed by atoms with van der Waals surface area (Å²) in [6.07, 6.45) is 3.56. The summed E-state index contributed by atoms with van der Waals surface area (Å²) in [5, 5.41) is 0.809. The second-order valence-corrected chi connectivity index (χ2v) is 4.64. The van der Waals surface area contributed by atoms with Gasteiger partial charge in [-0.3, -0.25) is 0 Å². The zero-order chi connectivity index (χ0) is 13.1. The predicted octanol–water partition coefficient (Wildman–Crippen LogP) is 1.94. The molecule has 2 N–H and O–H groups in total. The van der Waals surface area contributed by atoms with Gasteiger partial charge in [0.05, 0.1) is 18.4 Å². The molecule has 94 valence electrons. The summed E-state index contributed by atoms with van der Waals surface area (Å²) in [5.74, 6) is -0.435. The number of hydrogen-bond donors (Lipinski definition) is 1. The van der Waals surface area contributed by atoms with Crippen LogP contribution in [-0.4, -0.2) is 22.6 Å². The first-order valence-corrected chi connectivity index (χ1v) is 6.07. The third kappa shape index (κ3) is 2.33. The molecule has 0 unspecified atom stereocenters. The van der Waals surface area contributed by atoms with Gasteiger partial charge in [0.1, 0.15) is 0 Å². The van der Waals surface area contributed by atoms with E-state index < -0.39 is 5.97 Å². The van der Waals surface area contributed by atoms with E-state index in [-0.39, 0.29) is 0 Å². The average molecular weight is 263 g/mol. The number of rotatable bonds is 3. The molecule has 18 heavy (non-hydrogen) atoms. The molecule has 0 saturated heterocycles. The lowest BCUT2D eigenvalue weighted by molar-refractivity contribution is 0.0601. The van der Waals surface area contributed by atoms with Gasteiger partial charge in [-0.25, -0.2) is 9.78 Å². The van der Waals surface area contributed by atoms with Crippen LogP contribution in [-0.2, 0) is 11.8 Å². The number of ether oxygens (including phenoxy) is 1. The Morgan fingerprint density at radius 3 is 2.89 bits per heavy atom. The Balaban J connectivity index is 2.35. The summed E-state index contributed by atoms with van der Waals surface area (Å²) < 4.78 is 6.57. The number of nitrogens with two attached hydrogens (primary N) is 1. The van der Waals surface area contributed by atoms with Gasteiger partial charge in [0.2, 0.25) is 0 Å². The van der Waals surface area contributed by atoms with Crippen molar-refractivity contribution < 1.29 is 9.53 Å². The van der Waals surface area contributed by atoms with E-state index in [0.717, 1.165) is 10.1 Å². The van der Waals surface area contributed by atoms with Crippen molar-refractivity contribution in [3.8, 4) is 0 Å². The SMILES string of the molecule is COC(=O)c1cccc(Sc2nccn2C)c1N. The van der Waals surface area contributed by atoms with E-state index in [0.29, 0.717) is 11.3 Å². The number of anilines is 1. The van der Waals surface area contributed by atoms with Crippen LogP contribution in [0.15, 0.2) is 40.6 Å². The Hall–Kier alpha value is -1.95. The Bertz CT molecular complexity index is 580. The van der Waals surface area contributed by atoms with E-state index in [1.165, 1.54) is 18.9 Å². The third-order valence-corrected chi connectivity index (χ3v) is 3.60. The average Bonchev–Trinajstić information content (AvgIpc) is 2.77. The maximum Gasteiger partial charge on any atom is 0.339 e. The van der Waals surface area contributed by atoms with Gasteiger partial charge in [0, 0.05) is 24.3 Å². The molecule has 6 heteroatoms. The highest BCUT2D eigenvalue weighted by Crippen LogP contribution is 2.32. The third-order valence-electron chi connectivity index (χ3n) is 2.45. The molecule has 0 atom stereocenters. The van der Waals surface area contributed by atoms with Gasteiger partial charge in [0.25, 0.3) is 0 Å². The molecular weight excluding hydrogens is 250 g/mol. The zero-order valence-electron chi connectivity index (χ0n) is 10.1. The summed E-state index contributed by atoms with van der Waals surface area (Å²) in [4.78, 5) is 16.5. The minimum absolute atomic E-state index is 0.372. The van der Waals surface area contributed by atoms with Crippen molar-refractivity contribution in [2.24, 2.45) is 7.05 Å². The fourth-order valence-corrected chi connectivity index (χ4v) is 2.35. The molecule has 1 heterocycles. The second kappa shape index (κ2) is 5.14. The smallest absolute Gasteiger partial charge is 0.339 e. The van der Waals surface area contributed by atoms with Crippen molar-refractivity contribution in [3.63, 3.8) is 0 Å². The maximum atomic E-state index is 11.5. The number of carbonyl (C=O) groups excluding carboxylic acids is 1. The lowest BCUT2D eigenvalue weighted by Gasteiger charge is -2.08. The molecule has 1 aromatic heterocycles. The minimum atomic E-state index is -0.435. The summed E-state index contributed by atoms with van der Waals surface area (Å²) in [5.41, 5.74) is 6.75. The molecule has 0 aliphatic carbocycles. The molecule has 0 aliphatic rings. The fourth-order valence-electron chi connectivity index (χ4n) is 1.47. The van der Waals surface area contributed by atoms with Crippen LogP contribution < -0.4 is 5.73 Å². The van der Waals surface area contributed by atoms with E-state index in [4.69, 9.17) is 5.73 Å². The molecular formula is C12H13N3O2S. The number of nitrogen functional groups attached to an aromatic ring is 1. The highest BCUT2D eigenvalue weighted by atomic mass is 32.2. The Labute approximate surface area is 109 Å². The van der Waals surface area contributed by atoms with Crippen LogP contribution in [0.3, 0.4) is 0 Å². The number of methoxy groups -OCH3 is 1. The van der Waals surface area contributed by atoms with Crippen LogP contribution in [0, 0.1) is 0 Å². The minimum Gasteiger partial charge on any atom is -0.465 e. The molecule has 0 bridgehead atoms. The van der Waals surface area contributed by atoms with Crippen molar-refractivity contribution in [2.75, 3.05) is 12.8 Å². The van der Waals surface area contributed by atoms with Crippen LogP contribution in [0.25, 0.3) is 0 Å². The summed E-state index contributed by atoms with van der Waals surface area (Å²) in [6, 6.07) is 5.26. The van der Waals surface area contributed by atoms with Crippen LogP contribution >= 0.6 is 11.8 Å². The van der Waals surface area contributed by atoms with Gasteiger partial charge in [-0.1, -0.05) is 6.07 Å². The highest BCUT2D eigenvalue weighted by Gasteiger charge is 2.14. The normalized spacial score (nSPS) is 10.3. The monoisotopic (exact) mass is 263 g/mol. The molecule has 5 nitrogen and oxygen atoms in total. The maximum absolute atomic E-state index is 11.5. The number of aryl methyl sites for hydroxylation is 1. The predicted molar refractivity (Wildman–Crippen MR) is 69.5 cm³/mol. The number of nitrogens with zero attached hydrogens (tertiary/aromatic N) is 2. The number of esters is 1. The largest absolute Gasteiger partial charge is 0.465 e. The molecule has 2 rings (SSSR count). The molecule has 0 aliphatic heterocycles. The van der Waals surface area contributed by atoms with Gasteiger partial charge < -0.3 is 15.0 Å². The van der Waals surface area contributed by atoms with E-state index >= 15 is 0 Å². The lowest BCUT2D eigenvalue weighted by atomic mass is 10.2. The van der Waals surface area contributed by atoms with Crippen LogP contribution in [0.4, 0.5) is 5.69 Å². The van der Waals surface area contributed by atoms with Gasteiger partial charge in [0.15, 0.2) is 5.16 Å². The number of para-hydroxylation sites is 1. The number of aromatic nitrogens is 2. The van der Waals surface area contributed by atoms with Gasteiger partial charge >= 0.3 is 5.97 Å². The Morgan fingerprint density at radius 1 is 1.50 bits per heavy atom. The van der Waals surface area contributed by atoms with E-state index in [9.17, 15) is 4.79 Å².